The van der Waals surface area contributed by atoms with Crippen LogP contribution in [0.25, 0.3) is 22.0 Å². The summed E-state index contributed by atoms with van der Waals surface area (Å²) in [7, 11) is 0. The molecule has 3 fully saturated rings. The second-order valence-electron chi connectivity index (χ2n) is 9.59. The van der Waals surface area contributed by atoms with Gasteiger partial charge in [-0.2, -0.15) is 0 Å². The first-order valence-electron chi connectivity index (χ1n) is 11.9. The zero-order valence-electron chi connectivity index (χ0n) is 18.8. The topological polar surface area (TPSA) is 80.1 Å². The van der Waals surface area contributed by atoms with Crippen molar-refractivity contribution in [3.8, 4) is 11.1 Å². The van der Waals surface area contributed by atoms with Crippen LogP contribution in [-0.4, -0.2) is 50.4 Å². The van der Waals surface area contributed by atoms with Gasteiger partial charge in [0.15, 0.2) is 0 Å². The lowest BCUT2D eigenvalue weighted by Crippen LogP contribution is -2.61. The van der Waals surface area contributed by atoms with Crippen molar-refractivity contribution >= 4 is 34.3 Å². The molecular formula is C26H26ClN5O2. The molecule has 2 aliphatic carbocycles. The van der Waals surface area contributed by atoms with E-state index < -0.39 is 0 Å². The van der Waals surface area contributed by atoms with Crippen LogP contribution >= 0.6 is 11.6 Å². The number of amides is 2. The van der Waals surface area contributed by atoms with Crippen LogP contribution in [0.15, 0.2) is 43.4 Å². The Hall–Kier alpha value is -3.19. The van der Waals surface area contributed by atoms with E-state index in [-0.39, 0.29) is 24.4 Å². The number of carbonyl (C=O) groups excluding carboxylic acids is 2. The molecule has 0 spiro atoms. The number of benzene rings is 1. The average molecular weight is 476 g/mol. The largest absolute Gasteiger partial charge is 0.348 e. The van der Waals surface area contributed by atoms with E-state index >= 15 is 0 Å². The van der Waals surface area contributed by atoms with Gasteiger partial charge in [0, 0.05) is 58.0 Å². The highest BCUT2D eigenvalue weighted by Gasteiger charge is 2.36. The number of hydrogen-bond donors (Lipinski definition) is 1. The summed E-state index contributed by atoms with van der Waals surface area (Å²) < 4.78 is 2.16. The van der Waals surface area contributed by atoms with Gasteiger partial charge in [-0.05, 0) is 55.9 Å². The molecule has 34 heavy (non-hydrogen) atoms. The molecule has 3 aromatic rings. The first-order valence-corrected chi connectivity index (χ1v) is 12.2. The molecule has 2 aromatic heterocycles. The molecular weight excluding hydrogens is 450 g/mol. The molecule has 1 N–H and O–H groups in total. The van der Waals surface area contributed by atoms with Gasteiger partial charge in [0.2, 0.25) is 11.8 Å². The number of carbonyl (C=O) groups is 2. The highest BCUT2D eigenvalue weighted by Crippen LogP contribution is 2.51. The molecule has 0 bridgehead atoms. The number of nitrogens with zero attached hydrogens (tertiary/aromatic N) is 4. The highest BCUT2D eigenvalue weighted by atomic mass is 35.5. The first kappa shape index (κ1) is 21.4. The number of likely N-dealkylation sites (tertiary alicyclic amines) is 1. The monoisotopic (exact) mass is 475 g/mol. The van der Waals surface area contributed by atoms with Gasteiger partial charge in [-0.3, -0.25) is 9.59 Å². The average Bonchev–Trinajstić information content (AvgIpc) is 3.73. The lowest BCUT2D eigenvalue weighted by atomic mass is 9.98. The molecule has 2 amide bonds. The summed E-state index contributed by atoms with van der Waals surface area (Å²) in [4.78, 5) is 35.5. The molecule has 3 aliphatic rings. The van der Waals surface area contributed by atoms with E-state index in [1.165, 1.54) is 11.8 Å². The molecule has 1 aliphatic heterocycles. The minimum absolute atomic E-state index is 0.0273. The number of fused-ring (bicyclic) bond motifs is 1. The quantitative estimate of drug-likeness (QED) is 0.523. The summed E-state index contributed by atoms with van der Waals surface area (Å²) in [5.74, 6) is 0.732. The minimum Gasteiger partial charge on any atom is -0.348 e. The van der Waals surface area contributed by atoms with Crippen molar-refractivity contribution in [3.05, 3.63) is 59.8 Å². The van der Waals surface area contributed by atoms with Crippen LogP contribution in [0.3, 0.4) is 0 Å². The van der Waals surface area contributed by atoms with Crippen molar-refractivity contribution < 1.29 is 9.59 Å². The van der Waals surface area contributed by atoms with Crippen molar-refractivity contribution in [2.75, 3.05) is 13.1 Å². The van der Waals surface area contributed by atoms with Gasteiger partial charge in [-0.25, -0.2) is 9.97 Å². The molecule has 1 saturated heterocycles. The lowest BCUT2D eigenvalue weighted by molar-refractivity contribution is -0.133. The molecule has 174 valence electrons. The normalized spacial score (nSPS) is 18.1. The lowest BCUT2D eigenvalue weighted by Gasteiger charge is -2.39. The number of hydrogen-bond acceptors (Lipinski definition) is 4. The number of halogens is 1. The van der Waals surface area contributed by atoms with E-state index in [4.69, 9.17) is 11.6 Å². The van der Waals surface area contributed by atoms with Gasteiger partial charge in [0.05, 0.1) is 11.7 Å². The SMILES string of the molecule is C=CC(=O)N1CC(NC(=O)Cn2c(C3CC3)c(-c3cncnc3C3CC3)c3cc(Cl)ccc32)C1. The maximum atomic E-state index is 13.1. The van der Waals surface area contributed by atoms with Gasteiger partial charge in [0.1, 0.15) is 12.9 Å². The third kappa shape index (κ3) is 3.78. The molecule has 0 atom stereocenters. The van der Waals surface area contributed by atoms with E-state index in [1.807, 2.05) is 24.4 Å². The third-order valence-corrected chi connectivity index (χ3v) is 7.28. The Morgan fingerprint density at radius 1 is 1.18 bits per heavy atom. The van der Waals surface area contributed by atoms with Crippen molar-refractivity contribution in [3.63, 3.8) is 0 Å². The maximum absolute atomic E-state index is 13.1. The maximum Gasteiger partial charge on any atom is 0.246 e. The van der Waals surface area contributed by atoms with Gasteiger partial charge in [-0.15, -0.1) is 0 Å². The van der Waals surface area contributed by atoms with Gasteiger partial charge in [-0.1, -0.05) is 18.2 Å². The Morgan fingerprint density at radius 2 is 1.94 bits per heavy atom. The zero-order valence-corrected chi connectivity index (χ0v) is 19.6. The fourth-order valence-corrected chi connectivity index (χ4v) is 5.26. The Kier molecular flexibility index (Phi) is 5.17. The molecule has 2 saturated carbocycles. The summed E-state index contributed by atoms with van der Waals surface area (Å²) in [6, 6.07) is 5.86. The zero-order chi connectivity index (χ0) is 23.4. The van der Waals surface area contributed by atoms with Crippen LogP contribution in [0.4, 0.5) is 0 Å². The van der Waals surface area contributed by atoms with Crippen molar-refractivity contribution in [1.82, 2.24) is 24.8 Å². The van der Waals surface area contributed by atoms with E-state index in [9.17, 15) is 9.59 Å². The van der Waals surface area contributed by atoms with Crippen molar-refractivity contribution in [1.29, 1.82) is 0 Å². The summed E-state index contributed by atoms with van der Waals surface area (Å²) in [5.41, 5.74) is 5.47. The predicted octanol–water partition coefficient (Wildman–Crippen LogP) is 4.02. The van der Waals surface area contributed by atoms with Gasteiger partial charge in [0.25, 0.3) is 0 Å². The van der Waals surface area contributed by atoms with E-state index in [1.54, 1.807) is 11.2 Å². The smallest absolute Gasteiger partial charge is 0.246 e. The van der Waals surface area contributed by atoms with E-state index in [2.05, 4.69) is 26.4 Å². The fourth-order valence-electron chi connectivity index (χ4n) is 5.09. The van der Waals surface area contributed by atoms with Crippen LogP contribution in [0.2, 0.25) is 5.02 Å². The van der Waals surface area contributed by atoms with Gasteiger partial charge < -0.3 is 14.8 Å². The molecule has 0 radical (unpaired) electrons. The van der Waals surface area contributed by atoms with Crippen molar-refractivity contribution in [2.24, 2.45) is 0 Å². The minimum atomic E-state index is -0.101. The van der Waals surface area contributed by atoms with Crippen LogP contribution in [0.5, 0.6) is 0 Å². The molecule has 8 heteroatoms. The molecule has 0 unspecified atom stereocenters. The second-order valence-corrected chi connectivity index (χ2v) is 10.0. The Morgan fingerprint density at radius 3 is 2.65 bits per heavy atom. The van der Waals surface area contributed by atoms with Crippen LogP contribution < -0.4 is 5.32 Å². The third-order valence-electron chi connectivity index (χ3n) is 7.04. The van der Waals surface area contributed by atoms with Crippen LogP contribution in [0.1, 0.15) is 48.9 Å². The Labute approximate surface area is 202 Å². The summed E-state index contributed by atoms with van der Waals surface area (Å²) in [6.07, 6.45) is 9.37. The Balaban J connectivity index is 1.38. The Bertz CT molecular complexity index is 1320. The van der Waals surface area contributed by atoms with Crippen LogP contribution in [0, 0.1) is 0 Å². The number of rotatable bonds is 7. The highest BCUT2D eigenvalue weighted by molar-refractivity contribution is 6.31. The molecule has 3 heterocycles. The molecule has 6 rings (SSSR count). The molecule has 7 nitrogen and oxygen atoms in total. The second kappa shape index (κ2) is 8.24. The van der Waals surface area contributed by atoms with Crippen LogP contribution in [-0.2, 0) is 16.1 Å². The number of aromatic nitrogens is 3. The summed E-state index contributed by atoms with van der Waals surface area (Å²) in [5, 5.41) is 4.80. The van der Waals surface area contributed by atoms with E-state index in [0.717, 1.165) is 53.4 Å². The number of nitrogens with one attached hydrogen (secondary N) is 1. The predicted molar refractivity (Wildman–Crippen MR) is 131 cm³/mol. The molecule has 1 aromatic carbocycles. The first-order chi connectivity index (χ1) is 16.5. The summed E-state index contributed by atoms with van der Waals surface area (Å²) >= 11 is 6.44. The van der Waals surface area contributed by atoms with Crippen molar-refractivity contribution in [2.45, 2.75) is 50.1 Å². The van der Waals surface area contributed by atoms with Gasteiger partial charge >= 0.3 is 0 Å². The van der Waals surface area contributed by atoms with E-state index in [0.29, 0.717) is 29.9 Å². The standard InChI is InChI=1S/C26H26ClN5O2/c1-2-23(34)31-11-18(12-31)30-22(33)13-32-21-8-7-17(27)9-19(21)24(26(32)16-5-6-16)20-10-28-14-29-25(20)15-3-4-15/h2,7-10,14-16,18H,1,3-6,11-13H2,(H,30,33). The summed E-state index contributed by atoms with van der Waals surface area (Å²) in [6.45, 7) is 4.78. The fraction of sp³-hybridized carbons (Fsp3) is 0.385.